The fourth-order valence-electron chi connectivity index (χ4n) is 5.63. The van der Waals surface area contributed by atoms with Crippen molar-refractivity contribution in [3.05, 3.63) is 12.7 Å². The highest BCUT2D eigenvalue weighted by atomic mass is 14.5. The second-order valence-electron chi connectivity index (χ2n) is 9.23. The van der Waals surface area contributed by atoms with Crippen LogP contribution in [0, 0.1) is 35.0 Å². The Kier molecular flexibility index (Phi) is 9.68. The highest BCUT2D eigenvalue weighted by molar-refractivity contribution is 4.97. The van der Waals surface area contributed by atoms with E-state index in [9.17, 15) is 0 Å². The zero-order valence-electron chi connectivity index (χ0n) is 17.7. The molecule has 0 aromatic heterocycles. The quantitative estimate of drug-likeness (QED) is 0.263. The number of hydrogen-bond donors (Lipinski definition) is 0. The van der Waals surface area contributed by atoms with Crippen LogP contribution in [0.3, 0.4) is 0 Å². The van der Waals surface area contributed by atoms with Crippen molar-refractivity contribution >= 4 is 0 Å². The molecule has 1 rings (SSSR count). The van der Waals surface area contributed by atoms with Gasteiger partial charge in [-0.25, -0.2) is 0 Å². The molecule has 1 fully saturated rings. The Morgan fingerprint density at radius 1 is 1.12 bits per heavy atom. The first-order valence-corrected chi connectivity index (χ1v) is 11.0. The third-order valence-electron chi connectivity index (χ3n) is 7.64. The van der Waals surface area contributed by atoms with Crippen LogP contribution in [0.2, 0.25) is 0 Å². The Hall–Kier alpha value is -0.260. The molecule has 0 spiro atoms. The fraction of sp³-hybridized carbons (Fsp3) is 0.917. The standard InChI is InChI=1S/C24H46/c1-8-11-13-15-20(6)22-17-18-24(7,19(4)5)23(21(22)10-3)16-14-12-9-2/h9,19-23H,2,8,10-18H2,1,3-7H3. The summed E-state index contributed by atoms with van der Waals surface area (Å²) in [6, 6.07) is 0. The van der Waals surface area contributed by atoms with Crippen LogP contribution in [-0.4, -0.2) is 0 Å². The van der Waals surface area contributed by atoms with Crippen molar-refractivity contribution in [3.8, 4) is 0 Å². The van der Waals surface area contributed by atoms with Gasteiger partial charge in [0.05, 0.1) is 0 Å². The molecule has 0 aromatic rings. The highest BCUT2D eigenvalue weighted by Crippen LogP contribution is 2.55. The molecule has 0 aliphatic heterocycles. The lowest BCUT2D eigenvalue weighted by atomic mass is 9.51. The molecule has 0 nitrogen and oxygen atoms in total. The zero-order chi connectivity index (χ0) is 18.2. The molecule has 24 heavy (non-hydrogen) atoms. The van der Waals surface area contributed by atoms with Crippen LogP contribution in [0.15, 0.2) is 12.7 Å². The predicted octanol–water partition coefficient (Wildman–Crippen LogP) is 8.27. The van der Waals surface area contributed by atoms with E-state index in [0.717, 1.165) is 29.6 Å². The van der Waals surface area contributed by atoms with Crippen LogP contribution < -0.4 is 0 Å². The minimum absolute atomic E-state index is 0.543. The van der Waals surface area contributed by atoms with Gasteiger partial charge in [-0.15, -0.1) is 6.58 Å². The normalized spacial score (nSPS) is 32.0. The van der Waals surface area contributed by atoms with Crippen molar-refractivity contribution in [3.63, 3.8) is 0 Å². The molecule has 1 aliphatic carbocycles. The highest BCUT2D eigenvalue weighted by Gasteiger charge is 2.47. The second kappa shape index (κ2) is 10.7. The maximum absolute atomic E-state index is 3.94. The number of rotatable bonds is 11. The van der Waals surface area contributed by atoms with E-state index >= 15 is 0 Å². The number of unbranched alkanes of at least 4 members (excludes halogenated alkanes) is 3. The van der Waals surface area contributed by atoms with Crippen LogP contribution in [0.25, 0.3) is 0 Å². The first-order valence-electron chi connectivity index (χ1n) is 11.0. The molecule has 142 valence electrons. The summed E-state index contributed by atoms with van der Waals surface area (Å²) >= 11 is 0. The average Bonchev–Trinajstić information content (AvgIpc) is 2.56. The lowest BCUT2D eigenvalue weighted by Gasteiger charge is -2.54. The lowest BCUT2D eigenvalue weighted by Crippen LogP contribution is -2.46. The molecular weight excluding hydrogens is 288 g/mol. The molecular formula is C24H46. The Morgan fingerprint density at radius 3 is 2.38 bits per heavy atom. The monoisotopic (exact) mass is 334 g/mol. The van der Waals surface area contributed by atoms with Gasteiger partial charge in [0, 0.05) is 0 Å². The molecule has 0 heteroatoms. The molecule has 0 amide bonds. The molecule has 0 radical (unpaired) electrons. The molecule has 0 aromatic carbocycles. The van der Waals surface area contributed by atoms with Gasteiger partial charge in [0.2, 0.25) is 0 Å². The van der Waals surface area contributed by atoms with Gasteiger partial charge in [-0.2, -0.15) is 0 Å². The van der Waals surface area contributed by atoms with Gasteiger partial charge < -0.3 is 0 Å². The van der Waals surface area contributed by atoms with Crippen molar-refractivity contribution in [2.75, 3.05) is 0 Å². The molecule has 0 saturated heterocycles. The second-order valence-corrected chi connectivity index (χ2v) is 9.23. The van der Waals surface area contributed by atoms with E-state index in [1.54, 1.807) is 0 Å². The maximum Gasteiger partial charge on any atom is -0.0272 e. The number of allylic oxidation sites excluding steroid dienone is 1. The van der Waals surface area contributed by atoms with Gasteiger partial charge in [-0.05, 0) is 67.1 Å². The third-order valence-corrected chi connectivity index (χ3v) is 7.64. The first kappa shape index (κ1) is 21.8. The summed E-state index contributed by atoms with van der Waals surface area (Å²) in [7, 11) is 0. The maximum atomic E-state index is 3.94. The third kappa shape index (κ3) is 5.37. The SMILES string of the molecule is C=CCCCC1C(CC)C(C(C)CCCCC)CCC1(C)C(C)C. The summed E-state index contributed by atoms with van der Waals surface area (Å²) in [5.41, 5.74) is 0.543. The molecule has 0 N–H and O–H groups in total. The van der Waals surface area contributed by atoms with Crippen molar-refractivity contribution in [2.45, 2.75) is 106 Å². The Morgan fingerprint density at radius 2 is 1.83 bits per heavy atom. The van der Waals surface area contributed by atoms with Gasteiger partial charge >= 0.3 is 0 Å². The van der Waals surface area contributed by atoms with E-state index in [0.29, 0.717) is 5.41 Å². The Labute approximate surface area is 153 Å². The van der Waals surface area contributed by atoms with Gasteiger partial charge in [-0.1, -0.05) is 79.7 Å². The van der Waals surface area contributed by atoms with Crippen LogP contribution in [0.5, 0.6) is 0 Å². The van der Waals surface area contributed by atoms with Gasteiger partial charge in [0.15, 0.2) is 0 Å². The molecule has 1 aliphatic rings. The molecule has 1 saturated carbocycles. The van der Waals surface area contributed by atoms with E-state index in [2.05, 4.69) is 54.2 Å². The van der Waals surface area contributed by atoms with Gasteiger partial charge in [-0.3, -0.25) is 0 Å². The van der Waals surface area contributed by atoms with Crippen molar-refractivity contribution in [1.29, 1.82) is 0 Å². The largest absolute Gasteiger partial charge is 0.103 e. The fourth-order valence-corrected chi connectivity index (χ4v) is 5.63. The molecule has 5 atom stereocenters. The van der Waals surface area contributed by atoms with E-state index in [1.807, 2.05) is 0 Å². The van der Waals surface area contributed by atoms with Crippen molar-refractivity contribution in [2.24, 2.45) is 35.0 Å². The molecule has 5 unspecified atom stereocenters. The predicted molar refractivity (Wildman–Crippen MR) is 110 cm³/mol. The summed E-state index contributed by atoms with van der Waals surface area (Å²) in [5.74, 6) is 4.53. The summed E-state index contributed by atoms with van der Waals surface area (Å²) in [6.45, 7) is 18.8. The number of hydrogen-bond acceptors (Lipinski definition) is 0. The average molecular weight is 335 g/mol. The smallest absolute Gasteiger partial charge is 0.0272 e. The molecule has 0 heterocycles. The van der Waals surface area contributed by atoms with Gasteiger partial charge in [0.1, 0.15) is 0 Å². The van der Waals surface area contributed by atoms with E-state index in [1.165, 1.54) is 64.2 Å². The van der Waals surface area contributed by atoms with Crippen molar-refractivity contribution < 1.29 is 0 Å². The summed E-state index contributed by atoms with van der Waals surface area (Å²) < 4.78 is 0. The van der Waals surface area contributed by atoms with Crippen LogP contribution >= 0.6 is 0 Å². The van der Waals surface area contributed by atoms with E-state index in [-0.39, 0.29) is 0 Å². The molecule has 0 bridgehead atoms. The minimum atomic E-state index is 0.543. The van der Waals surface area contributed by atoms with Crippen LogP contribution in [-0.2, 0) is 0 Å². The summed E-state index contributed by atoms with van der Waals surface area (Å²) in [4.78, 5) is 0. The topological polar surface area (TPSA) is 0 Å². The minimum Gasteiger partial charge on any atom is -0.103 e. The van der Waals surface area contributed by atoms with Gasteiger partial charge in [0.25, 0.3) is 0 Å². The van der Waals surface area contributed by atoms with E-state index < -0.39 is 0 Å². The Bertz CT molecular complexity index is 342. The zero-order valence-corrected chi connectivity index (χ0v) is 17.7. The Balaban J connectivity index is 2.88. The van der Waals surface area contributed by atoms with Crippen molar-refractivity contribution in [1.82, 2.24) is 0 Å². The first-order chi connectivity index (χ1) is 11.4. The summed E-state index contributed by atoms with van der Waals surface area (Å²) in [5, 5.41) is 0. The van der Waals surface area contributed by atoms with Crippen LogP contribution in [0.1, 0.15) is 106 Å². The van der Waals surface area contributed by atoms with Crippen LogP contribution in [0.4, 0.5) is 0 Å². The lowest BCUT2D eigenvalue weighted by molar-refractivity contribution is -0.0430. The van der Waals surface area contributed by atoms with E-state index in [4.69, 9.17) is 0 Å². The summed E-state index contributed by atoms with van der Waals surface area (Å²) in [6.07, 6.45) is 16.0.